The molecule has 1 saturated heterocycles. The summed E-state index contributed by atoms with van der Waals surface area (Å²) in [5.74, 6) is -0.273. The molecule has 2 aromatic carbocycles. The summed E-state index contributed by atoms with van der Waals surface area (Å²) >= 11 is 5.82. The third-order valence-electron chi connectivity index (χ3n) is 5.91. The van der Waals surface area contributed by atoms with Crippen LogP contribution < -0.4 is 15.1 Å². The van der Waals surface area contributed by atoms with E-state index in [9.17, 15) is 4.39 Å². The van der Waals surface area contributed by atoms with E-state index in [1.165, 1.54) is 12.1 Å². The summed E-state index contributed by atoms with van der Waals surface area (Å²) in [5, 5.41) is 4.11. The number of pyridine rings is 1. The lowest BCUT2D eigenvalue weighted by Crippen LogP contribution is -2.30. The highest BCUT2D eigenvalue weighted by molar-refractivity contribution is 7.80. The molecule has 0 saturated carbocycles. The molecule has 166 valence electrons. The van der Waals surface area contributed by atoms with Gasteiger partial charge >= 0.3 is 0 Å². The summed E-state index contributed by atoms with van der Waals surface area (Å²) in [6.45, 7) is 0. The van der Waals surface area contributed by atoms with Crippen molar-refractivity contribution in [2.45, 2.75) is 12.1 Å². The monoisotopic (exact) mass is 457 g/mol. The molecule has 0 radical (unpaired) electrons. The number of hydrogen-bond acceptors (Lipinski definition) is 3. The zero-order chi connectivity index (χ0) is 22.9. The Morgan fingerprint density at radius 1 is 0.939 bits per heavy atom. The molecule has 1 N–H and O–H groups in total. The number of halogens is 1. The number of anilines is 2. The van der Waals surface area contributed by atoms with Crippen molar-refractivity contribution in [2.75, 3.05) is 23.9 Å². The van der Waals surface area contributed by atoms with Crippen LogP contribution in [-0.4, -0.2) is 28.8 Å². The van der Waals surface area contributed by atoms with E-state index in [0.29, 0.717) is 5.11 Å². The Hall–Kier alpha value is -3.71. The van der Waals surface area contributed by atoms with Gasteiger partial charge in [0, 0.05) is 49.2 Å². The topological polar surface area (TPSA) is 36.3 Å². The molecule has 0 amide bonds. The van der Waals surface area contributed by atoms with Gasteiger partial charge in [-0.15, -0.1) is 0 Å². The zero-order valence-electron chi connectivity index (χ0n) is 18.4. The van der Waals surface area contributed by atoms with Crippen LogP contribution in [0.5, 0.6) is 0 Å². The molecule has 5 rings (SSSR count). The normalized spacial score (nSPS) is 17.8. The van der Waals surface area contributed by atoms with Crippen molar-refractivity contribution < 1.29 is 4.39 Å². The lowest BCUT2D eigenvalue weighted by atomic mass is 10.0. The van der Waals surface area contributed by atoms with Gasteiger partial charge in [-0.1, -0.05) is 12.1 Å². The average Bonchev–Trinajstić information content (AvgIpc) is 3.44. The lowest BCUT2D eigenvalue weighted by molar-refractivity contribution is 0.549. The number of nitrogens with one attached hydrogen (secondary N) is 1. The summed E-state index contributed by atoms with van der Waals surface area (Å²) in [7, 11) is 4.03. The lowest BCUT2D eigenvalue weighted by Gasteiger charge is -2.29. The Balaban J connectivity index is 1.64. The smallest absolute Gasteiger partial charge is 0.174 e. The first-order chi connectivity index (χ1) is 16.0. The van der Waals surface area contributed by atoms with Crippen LogP contribution in [0.1, 0.15) is 23.5 Å². The van der Waals surface area contributed by atoms with Gasteiger partial charge in [-0.25, -0.2) is 4.39 Å². The van der Waals surface area contributed by atoms with Crippen LogP contribution in [0.25, 0.3) is 5.69 Å². The van der Waals surface area contributed by atoms with Crippen molar-refractivity contribution in [3.8, 4) is 5.69 Å². The van der Waals surface area contributed by atoms with Crippen molar-refractivity contribution in [3.05, 3.63) is 108 Å². The third kappa shape index (κ3) is 3.96. The van der Waals surface area contributed by atoms with E-state index in [0.717, 1.165) is 28.5 Å². The van der Waals surface area contributed by atoms with E-state index in [1.807, 2.05) is 55.2 Å². The fourth-order valence-electron chi connectivity index (χ4n) is 4.34. The van der Waals surface area contributed by atoms with E-state index in [-0.39, 0.29) is 17.9 Å². The standard InChI is InChI=1S/C26H24FN5S/c1-30(2)19-11-13-20(14-12-19)32-25(24(29-26(32)33)22-9-3-4-15-28-22)23-10-6-16-31(23)21-8-5-7-18(27)17-21/h3-17,24-25H,1-2H3,(H,29,33). The minimum Gasteiger partial charge on any atom is -0.378 e. The van der Waals surface area contributed by atoms with Crippen molar-refractivity contribution in [2.24, 2.45) is 0 Å². The van der Waals surface area contributed by atoms with Crippen LogP contribution in [0, 0.1) is 5.82 Å². The fraction of sp³-hybridized carbons (Fsp3) is 0.154. The van der Waals surface area contributed by atoms with Crippen LogP contribution in [0.3, 0.4) is 0 Å². The van der Waals surface area contributed by atoms with Gasteiger partial charge in [-0.2, -0.15) is 0 Å². The summed E-state index contributed by atoms with van der Waals surface area (Å²) in [4.78, 5) is 8.80. The molecule has 1 aliphatic rings. The molecule has 0 spiro atoms. The molecular weight excluding hydrogens is 433 g/mol. The largest absolute Gasteiger partial charge is 0.378 e. The van der Waals surface area contributed by atoms with Gasteiger partial charge in [0.05, 0.1) is 11.7 Å². The second-order valence-corrected chi connectivity index (χ2v) is 8.58. The van der Waals surface area contributed by atoms with Gasteiger partial charge in [0.2, 0.25) is 0 Å². The van der Waals surface area contributed by atoms with Crippen LogP contribution in [0.4, 0.5) is 15.8 Å². The first kappa shape index (κ1) is 21.2. The van der Waals surface area contributed by atoms with Crippen molar-refractivity contribution in [3.63, 3.8) is 0 Å². The Labute approximate surface area is 198 Å². The number of aromatic nitrogens is 2. The first-order valence-corrected chi connectivity index (χ1v) is 11.1. The molecular formula is C26H24FN5S. The minimum atomic E-state index is -0.273. The first-order valence-electron chi connectivity index (χ1n) is 10.7. The maximum absolute atomic E-state index is 14.0. The van der Waals surface area contributed by atoms with Crippen LogP contribution in [-0.2, 0) is 0 Å². The molecule has 2 atom stereocenters. The number of benzene rings is 2. The molecule has 2 aromatic heterocycles. The molecule has 3 heterocycles. The predicted molar refractivity (Wildman–Crippen MR) is 134 cm³/mol. The minimum absolute atomic E-state index is 0.172. The second kappa shape index (κ2) is 8.67. The maximum atomic E-state index is 14.0. The molecule has 0 aliphatic carbocycles. The summed E-state index contributed by atoms with van der Waals surface area (Å²) in [6.07, 6.45) is 3.74. The molecule has 1 aliphatic heterocycles. The van der Waals surface area contributed by atoms with Crippen molar-refractivity contribution in [1.29, 1.82) is 0 Å². The average molecular weight is 458 g/mol. The Kier molecular flexibility index (Phi) is 5.56. The van der Waals surface area contributed by atoms with Gasteiger partial charge in [-0.3, -0.25) is 4.98 Å². The third-order valence-corrected chi connectivity index (χ3v) is 6.23. The van der Waals surface area contributed by atoms with Crippen LogP contribution >= 0.6 is 12.2 Å². The quantitative estimate of drug-likeness (QED) is 0.414. The van der Waals surface area contributed by atoms with Gasteiger partial charge in [0.25, 0.3) is 0 Å². The SMILES string of the molecule is CN(C)c1ccc(N2C(=S)NC(c3ccccn3)C2c2cccn2-c2cccc(F)c2)cc1. The highest BCUT2D eigenvalue weighted by Crippen LogP contribution is 2.42. The van der Waals surface area contributed by atoms with Crippen LogP contribution in [0.15, 0.2) is 91.3 Å². The maximum Gasteiger partial charge on any atom is 0.174 e. The van der Waals surface area contributed by atoms with Gasteiger partial charge in [0.1, 0.15) is 11.9 Å². The fourth-order valence-corrected chi connectivity index (χ4v) is 4.69. The molecule has 2 unspecified atom stereocenters. The van der Waals surface area contributed by atoms with Gasteiger partial charge in [-0.05, 0) is 78.9 Å². The highest BCUT2D eigenvalue weighted by Gasteiger charge is 2.42. The molecule has 1 fully saturated rings. The number of hydrogen-bond donors (Lipinski definition) is 1. The molecule has 0 bridgehead atoms. The van der Waals surface area contributed by atoms with E-state index in [4.69, 9.17) is 12.2 Å². The van der Waals surface area contributed by atoms with Gasteiger partial charge < -0.3 is 19.7 Å². The van der Waals surface area contributed by atoms with Crippen LogP contribution in [0.2, 0.25) is 0 Å². The zero-order valence-corrected chi connectivity index (χ0v) is 19.2. The van der Waals surface area contributed by atoms with Crippen molar-refractivity contribution in [1.82, 2.24) is 14.9 Å². The number of nitrogens with zero attached hydrogens (tertiary/aromatic N) is 4. The van der Waals surface area contributed by atoms with E-state index < -0.39 is 0 Å². The number of rotatable bonds is 5. The van der Waals surface area contributed by atoms with E-state index in [2.05, 4.69) is 50.4 Å². The number of thiocarbonyl (C=S) groups is 1. The Bertz CT molecular complexity index is 1270. The summed E-state index contributed by atoms with van der Waals surface area (Å²) in [6, 6.07) is 24.5. The molecule has 7 heteroatoms. The molecule has 5 nitrogen and oxygen atoms in total. The second-order valence-electron chi connectivity index (χ2n) is 8.19. The molecule has 4 aromatic rings. The van der Waals surface area contributed by atoms with Crippen molar-refractivity contribution >= 4 is 28.7 Å². The highest BCUT2D eigenvalue weighted by atomic mass is 32.1. The Morgan fingerprint density at radius 2 is 1.76 bits per heavy atom. The summed E-state index contributed by atoms with van der Waals surface area (Å²) < 4.78 is 16.1. The van der Waals surface area contributed by atoms with E-state index in [1.54, 1.807) is 12.3 Å². The summed E-state index contributed by atoms with van der Waals surface area (Å²) in [5.41, 5.74) is 4.73. The van der Waals surface area contributed by atoms with E-state index >= 15 is 0 Å². The Morgan fingerprint density at radius 3 is 2.45 bits per heavy atom. The predicted octanol–water partition coefficient (Wildman–Crippen LogP) is 5.25. The van der Waals surface area contributed by atoms with Gasteiger partial charge in [0.15, 0.2) is 5.11 Å². The molecule has 33 heavy (non-hydrogen) atoms.